The van der Waals surface area contributed by atoms with E-state index >= 15 is 0 Å². The highest BCUT2D eigenvalue weighted by molar-refractivity contribution is 5.90. The van der Waals surface area contributed by atoms with Crippen molar-refractivity contribution in [3.63, 3.8) is 0 Å². The molecule has 0 atom stereocenters. The average molecular weight is 245 g/mol. The van der Waals surface area contributed by atoms with Gasteiger partial charge in [0.15, 0.2) is 0 Å². The summed E-state index contributed by atoms with van der Waals surface area (Å²) in [6.07, 6.45) is 6.69. The summed E-state index contributed by atoms with van der Waals surface area (Å²) in [6.45, 7) is 2.14. The zero-order valence-corrected chi connectivity index (χ0v) is 10.3. The summed E-state index contributed by atoms with van der Waals surface area (Å²) >= 11 is 0. The molecule has 0 N–H and O–H groups in total. The zero-order chi connectivity index (χ0) is 12.8. The van der Waals surface area contributed by atoms with E-state index in [-0.39, 0.29) is 5.97 Å². The number of aryl methyl sites for hydroxylation is 2. The van der Waals surface area contributed by atoms with E-state index in [9.17, 15) is 4.79 Å². The van der Waals surface area contributed by atoms with Gasteiger partial charge in [-0.2, -0.15) is 0 Å². The Morgan fingerprint density at radius 1 is 1.44 bits per heavy atom. The molecule has 94 valence electrons. The lowest BCUT2D eigenvalue weighted by Gasteiger charge is -2.04. The van der Waals surface area contributed by atoms with Crippen molar-refractivity contribution in [1.29, 1.82) is 0 Å². The molecule has 0 spiro atoms. The Kier molecular flexibility index (Phi) is 4.12. The number of carbonyl (C=O) groups is 1. The van der Waals surface area contributed by atoms with Crippen molar-refractivity contribution in [3.8, 4) is 0 Å². The predicted molar refractivity (Wildman–Crippen MR) is 66.3 cm³/mol. The van der Waals surface area contributed by atoms with E-state index in [0.717, 1.165) is 18.4 Å². The molecule has 0 unspecified atom stereocenters. The highest BCUT2D eigenvalue weighted by Gasteiger charge is 2.12. The molecule has 0 amide bonds. The lowest BCUT2D eigenvalue weighted by Crippen LogP contribution is -2.07. The first-order valence-electron chi connectivity index (χ1n) is 5.87. The number of hydrogen-bond acceptors (Lipinski definition) is 4. The van der Waals surface area contributed by atoms with E-state index in [4.69, 9.17) is 9.15 Å². The fourth-order valence-corrected chi connectivity index (χ4v) is 1.66. The quantitative estimate of drug-likeness (QED) is 0.600. The van der Waals surface area contributed by atoms with Crippen molar-refractivity contribution < 1.29 is 13.9 Å². The van der Waals surface area contributed by atoms with Crippen molar-refractivity contribution in [2.24, 2.45) is 0 Å². The third-order valence-corrected chi connectivity index (χ3v) is 2.64. The summed E-state index contributed by atoms with van der Waals surface area (Å²) in [5.74, 6) is 0.264. The molecule has 0 radical (unpaired) electrons. The van der Waals surface area contributed by atoms with Gasteiger partial charge in [0.2, 0.25) is 0 Å². The summed E-state index contributed by atoms with van der Waals surface area (Å²) in [6, 6.07) is 5.53. The van der Waals surface area contributed by atoms with Gasteiger partial charge in [0, 0.05) is 12.4 Å². The third kappa shape index (κ3) is 3.20. The topological polar surface area (TPSA) is 52.3 Å². The van der Waals surface area contributed by atoms with Crippen LogP contribution in [0.25, 0.3) is 0 Å². The molecule has 4 nitrogen and oxygen atoms in total. The molecule has 0 aliphatic heterocycles. The fourth-order valence-electron chi connectivity index (χ4n) is 1.66. The smallest absolute Gasteiger partial charge is 0.341 e. The minimum absolute atomic E-state index is 0.326. The lowest BCUT2D eigenvalue weighted by molar-refractivity contribution is 0.0498. The molecule has 2 rings (SSSR count). The molecule has 2 aromatic rings. The standard InChI is InChI=1S/C14H15NO3/c1-11-13(6-9-17-11)14(16)18-8-3-5-12-4-2-7-15-10-12/h2,4,6-7,9-10H,3,5,8H2,1H3. The number of ether oxygens (including phenoxy) is 1. The second-order valence-electron chi connectivity index (χ2n) is 3.99. The van der Waals surface area contributed by atoms with Gasteiger partial charge in [-0.1, -0.05) is 6.07 Å². The largest absolute Gasteiger partial charge is 0.469 e. The van der Waals surface area contributed by atoms with Crippen LogP contribution in [0, 0.1) is 6.92 Å². The van der Waals surface area contributed by atoms with Crippen LogP contribution in [0.1, 0.15) is 28.1 Å². The maximum absolute atomic E-state index is 11.6. The summed E-state index contributed by atoms with van der Waals surface area (Å²) in [4.78, 5) is 15.7. The number of furan rings is 1. The van der Waals surface area contributed by atoms with Gasteiger partial charge in [0.25, 0.3) is 0 Å². The molecule has 18 heavy (non-hydrogen) atoms. The second kappa shape index (κ2) is 6.00. The number of aromatic nitrogens is 1. The molecule has 0 fully saturated rings. The van der Waals surface area contributed by atoms with Crippen LogP contribution in [0.4, 0.5) is 0 Å². The van der Waals surface area contributed by atoms with Crippen LogP contribution in [0.5, 0.6) is 0 Å². The van der Waals surface area contributed by atoms with Gasteiger partial charge >= 0.3 is 5.97 Å². The fraction of sp³-hybridized carbons (Fsp3) is 0.286. The minimum Gasteiger partial charge on any atom is -0.469 e. The molecule has 2 heterocycles. The highest BCUT2D eigenvalue weighted by Crippen LogP contribution is 2.10. The summed E-state index contributed by atoms with van der Waals surface area (Å²) < 4.78 is 10.2. The Morgan fingerprint density at radius 3 is 3.00 bits per heavy atom. The van der Waals surface area contributed by atoms with E-state index in [0.29, 0.717) is 17.9 Å². The lowest BCUT2D eigenvalue weighted by atomic mass is 10.2. The second-order valence-corrected chi connectivity index (χ2v) is 3.99. The molecule has 0 saturated heterocycles. The Hall–Kier alpha value is -2.10. The van der Waals surface area contributed by atoms with Gasteiger partial charge in [-0.05, 0) is 37.5 Å². The molecular weight excluding hydrogens is 230 g/mol. The first-order valence-corrected chi connectivity index (χ1v) is 5.87. The monoisotopic (exact) mass is 245 g/mol. The van der Waals surface area contributed by atoms with Gasteiger partial charge in [0.1, 0.15) is 11.3 Å². The number of hydrogen-bond donors (Lipinski definition) is 0. The molecule has 0 bridgehead atoms. The van der Waals surface area contributed by atoms with Crippen molar-refractivity contribution in [1.82, 2.24) is 4.98 Å². The van der Waals surface area contributed by atoms with Crippen LogP contribution in [0.3, 0.4) is 0 Å². The van der Waals surface area contributed by atoms with E-state index < -0.39 is 0 Å². The van der Waals surface area contributed by atoms with Crippen LogP contribution in [0.2, 0.25) is 0 Å². The third-order valence-electron chi connectivity index (χ3n) is 2.64. The van der Waals surface area contributed by atoms with Crippen molar-refractivity contribution >= 4 is 5.97 Å². The van der Waals surface area contributed by atoms with E-state index in [1.54, 1.807) is 19.2 Å². The number of carbonyl (C=O) groups excluding carboxylic acids is 1. The number of rotatable bonds is 5. The van der Waals surface area contributed by atoms with Crippen LogP contribution in [0.15, 0.2) is 41.3 Å². The van der Waals surface area contributed by atoms with E-state index in [1.165, 1.54) is 6.26 Å². The average Bonchev–Trinajstić information content (AvgIpc) is 2.82. The van der Waals surface area contributed by atoms with Crippen molar-refractivity contribution in [3.05, 3.63) is 53.7 Å². The molecule has 4 heteroatoms. The molecular formula is C14H15NO3. The zero-order valence-electron chi connectivity index (χ0n) is 10.3. The Balaban J connectivity index is 1.73. The van der Waals surface area contributed by atoms with E-state index in [2.05, 4.69) is 4.98 Å². The van der Waals surface area contributed by atoms with Crippen molar-refractivity contribution in [2.75, 3.05) is 6.61 Å². The highest BCUT2D eigenvalue weighted by atomic mass is 16.5. The molecule has 0 aromatic carbocycles. The Bertz CT molecular complexity index is 505. The number of nitrogens with zero attached hydrogens (tertiary/aromatic N) is 1. The first kappa shape index (κ1) is 12.4. The SMILES string of the molecule is Cc1occc1C(=O)OCCCc1cccnc1. The van der Waals surface area contributed by atoms with Crippen LogP contribution >= 0.6 is 0 Å². The van der Waals surface area contributed by atoms with Gasteiger partial charge in [0.05, 0.1) is 12.9 Å². The first-order chi connectivity index (χ1) is 8.77. The molecule has 0 aliphatic rings. The number of esters is 1. The maximum Gasteiger partial charge on any atom is 0.341 e. The van der Waals surface area contributed by atoms with Crippen molar-refractivity contribution in [2.45, 2.75) is 19.8 Å². The molecule has 0 saturated carbocycles. The van der Waals surface area contributed by atoms with Gasteiger partial charge in [-0.15, -0.1) is 0 Å². The summed E-state index contributed by atoms with van der Waals surface area (Å²) in [5.41, 5.74) is 1.64. The Labute approximate surface area is 106 Å². The minimum atomic E-state index is -0.326. The molecule has 2 aromatic heterocycles. The molecule has 0 aliphatic carbocycles. The normalized spacial score (nSPS) is 10.3. The van der Waals surface area contributed by atoms with Gasteiger partial charge in [-0.3, -0.25) is 4.98 Å². The summed E-state index contributed by atoms with van der Waals surface area (Å²) in [5, 5.41) is 0. The number of pyridine rings is 1. The van der Waals surface area contributed by atoms with Crippen LogP contribution < -0.4 is 0 Å². The maximum atomic E-state index is 11.6. The Morgan fingerprint density at radius 2 is 2.33 bits per heavy atom. The van der Waals surface area contributed by atoms with Crippen LogP contribution in [-0.4, -0.2) is 17.6 Å². The van der Waals surface area contributed by atoms with Gasteiger partial charge in [-0.25, -0.2) is 4.79 Å². The van der Waals surface area contributed by atoms with Gasteiger partial charge < -0.3 is 9.15 Å². The van der Waals surface area contributed by atoms with Crippen LogP contribution in [-0.2, 0) is 11.2 Å². The van der Waals surface area contributed by atoms with E-state index in [1.807, 2.05) is 18.3 Å². The summed E-state index contributed by atoms with van der Waals surface area (Å²) in [7, 11) is 0. The predicted octanol–water partition coefficient (Wildman–Crippen LogP) is 2.77.